The molecule has 3 aromatic carbocycles. The molecular weight excluding hydrogens is 648 g/mol. The molecule has 1 aliphatic rings. The zero-order valence-corrected chi connectivity index (χ0v) is 27.1. The number of aliphatic hydroxyl groups excluding tert-OH is 1. The lowest BCUT2D eigenvalue weighted by Crippen LogP contribution is -2.31. The average molecular weight is 679 g/mol. The number of benzene rings is 3. The van der Waals surface area contributed by atoms with E-state index in [1.165, 1.54) is 28.4 Å². The molecule has 6 rings (SSSR count). The van der Waals surface area contributed by atoms with Crippen LogP contribution in [0.15, 0.2) is 48.7 Å². The van der Waals surface area contributed by atoms with Crippen molar-refractivity contribution in [2.45, 2.75) is 12.5 Å². The van der Waals surface area contributed by atoms with Crippen molar-refractivity contribution in [3.63, 3.8) is 0 Å². The first-order valence-electron chi connectivity index (χ1n) is 14.7. The van der Waals surface area contributed by atoms with Crippen LogP contribution in [-0.4, -0.2) is 84.0 Å². The van der Waals surface area contributed by atoms with Crippen LogP contribution >= 0.6 is 11.6 Å². The van der Waals surface area contributed by atoms with Crippen LogP contribution in [0.5, 0.6) is 17.2 Å². The van der Waals surface area contributed by atoms with Crippen LogP contribution < -0.4 is 24.0 Å². The molecule has 2 aromatic heterocycles. The lowest BCUT2D eigenvalue weighted by atomic mass is 9.94. The Hall–Kier alpha value is -5.54. The van der Waals surface area contributed by atoms with Gasteiger partial charge in [0.15, 0.2) is 11.5 Å². The summed E-state index contributed by atoms with van der Waals surface area (Å²) in [5, 5.41) is 23.5. The van der Waals surface area contributed by atoms with Gasteiger partial charge in [-0.2, -0.15) is 14.5 Å². The molecule has 5 aromatic rings. The van der Waals surface area contributed by atoms with E-state index in [1.807, 2.05) is 12.1 Å². The standard InChI is InChI=1S/C32H31ClN6O9/c1-45-24-12-17-11-21(35-27(17)29(47-3)28(24)46-2)30(41)37-16-18(14-33)26-20-8-6-5-7-19(20)22(13-23(26)37)38(32(42)48-4)31-34-15-25(39(43)44)36(31)9-10-40/h5-8,11-13,15,18,35,40H,9-10,14,16H2,1-4H3. The fraction of sp³-hybridized carbons (Fsp3) is 0.281. The van der Waals surface area contributed by atoms with E-state index in [0.29, 0.717) is 44.6 Å². The number of imidazole rings is 1. The number of nitrogens with one attached hydrogen (secondary N) is 1. The SMILES string of the molecule is COC(=O)N(c1cc2c(c3ccccc13)C(CCl)CN2C(=O)c1cc2cc(OC)c(OC)c(OC)c2[nH]1)c1ncc([N+](=O)[O-])n1CCO. The number of fused-ring (bicyclic) bond motifs is 4. The molecule has 0 fully saturated rings. The summed E-state index contributed by atoms with van der Waals surface area (Å²) in [6, 6.07) is 12.3. The Bertz CT molecular complexity index is 2080. The number of methoxy groups -OCH3 is 4. The maximum absolute atomic E-state index is 14.4. The van der Waals surface area contributed by atoms with Crippen LogP contribution in [0.2, 0.25) is 0 Å². The lowest BCUT2D eigenvalue weighted by Gasteiger charge is -2.24. The van der Waals surface area contributed by atoms with Crippen molar-refractivity contribution in [2.24, 2.45) is 0 Å². The van der Waals surface area contributed by atoms with Crippen LogP contribution in [0, 0.1) is 10.1 Å². The molecule has 15 nitrogen and oxygen atoms in total. The third-order valence-electron chi connectivity index (χ3n) is 8.35. The normalized spacial score (nSPS) is 13.9. The van der Waals surface area contributed by atoms with Gasteiger partial charge in [0.05, 0.1) is 51.9 Å². The predicted octanol–water partition coefficient (Wildman–Crippen LogP) is 5.33. The number of hydrogen-bond acceptors (Lipinski definition) is 10. The van der Waals surface area contributed by atoms with Crippen molar-refractivity contribution < 1.29 is 38.6 Å². The van der Waals surface area contributed by atoms with Gasteiger partial charge in [-0.05, 0) is 34.1 Å². The van der Waals surface area contributed by atoms with Gasteiger partial charge < -0.3 is 44.1 Å². The monoisotopic (exact) mass is 678 g/mol. The van der Waals surface area contributed by atoms with Crippen LogP contribution in [0.1, 0.15) is 22.0 Å². The van der Waals surface area contributed by atoms with Crippen molar-refractivity contribution >= 4 is 68.4 Å². The van der Waals surface area contributed by atoms with Crippen molar-refractivity contribution in [1.29, 1.82) is 0 Å². The summed E-state index contributed by atoms with van der Waals surface area (Å²) in [6.07, 6.45) is 0.111. The minimum absolute atomic E-state index is 0.150. The van der Waals surface area contributed by atoms with Crippen molar-refractivity contribution in [3.8, 4) is 17.2 Å². The second-order valence-electron chi connectivity index (χ2n) is 10.8. The number of anilines is 3. The number of aromatic nitrogens is 3. The maximum atomic E-state index is 14.4. The Balaban J connectivity index is 1.56. The Morgan fingerprint density at radius 1 is 1.10 bits per heavy atom. The number of halogens is 1. The van der Waals surface area contributed by atoms with Gasteiger partial charge in [0, 0.05) is 29.1 Å². The molecule has 1 aliphatic heterocycles. The quantitative estimate of drug-likeness (QED) is 0.112. The third kappa shape index (κ3) is 5.07. The van der Waals surface area contributed by atoms with E-state index in [2.05, 4.69) is 9.97 Å². The number of aliphatic hydroxyl groups is 1. The second-order valence-corrected chi connectivity index (χ2v) is 11.1. The number of alkyl halides is 1. The summed E-state index contributed by atoms with van der Waals surface area (Å²) in [7, 11) is 5.65. The Morgan fingerprint density at radius 3 is 2.46 bits per heavy atom. The molecule has 0 bridgehead atoms. The topological polar surface area (TPSA) is 175 Å². The number of amides is 2. The number of ether oxygens (including phenoxy) is 4. The van der Waals surface area contributed by atoms with Gasteiger partial charge in [0.25, 0.3) is 5.91 Å². The fourth-order valence-electron chi connectivity index (χ4n) is 6.31. The summed E-state index contributed by atoms with van der Waals surface area (Å²) < 4.78 is 22.9. The van der Waals surface area contributed by atoms with E-state index >= 15 is 0 Å². The Morgan fingerprint density at radius 2 is 1.83 bits per heavy atom. The average Bonchev–Trinajstić information content (AvgIpc) is 3.82. The van der Waals surface area contributed by atoms with Crippen LogP contribution in [0.3, 0.4) is 0 Å². The smallest absolute Gasteiger partial charge is 0.422 e. The molecule has 2 N–H and O–H groups in total. The Labute approximate surface area is 278 Å². The van der Waals surface area contributed by atoms with E-state index in [4.69, 9.17) is 30.5 Å². The molecule has 0 saturated carbocycles. The number of hydrogen-bond donors (Lipinski definition) is 2. The summed E-state index contributed by atoms with van der Waals surface area (Å²) in [5.41, 5.74) is 2.29. The van der Waals surface area contributed by atoms with Crippen LogP contribution in [0.4, 0.5) is 27.9 Å². The maximum Gasteiger partial charge on any atom is 0.422 e. The van der Waals surface area contributed by atoms with Gasteiger partial charge in [-0.15, -0.1) is 11.6 Å². The van der Waals surface area contributed by atoms with Crippen molar-refractivity contribution in [2.75, 3.05) is 57.3 Å². The first-order chi connectivity index (χ1) is 23.2. The first kappa shape index (κ1) is 32.4. The number of carbonyl (C=O) groups is 2. The van der Waals surface area contributed by atoms with E-state index < -0.39 is 23.4 Å². The number of H-pyrrole nitrogens is 1. The van der Waals surface area contributed by atoms with Crippen molar-refractivity contribution in [3.05, 3.63) is 70.0 Å². The molecule has 1 unspecified atom stereocenters. The Kier molecular flexibility index (Phi) is 8.73. The van der Waals surface area contributed by atoms with E-state index in [9.17, 15) is 24.8 Å². The summed E-state index contributed by atoms with van der Waals surface area (Å²) in [5.74, 6) is 0.108. The molecule has 0 radical (unpaired) electrons. The summed E-state index contributed by atoms with van der Waals surface area (Å²) in [6.45, 7) is -0.454. The number of rotatable bonds is 10. The number of carbonyl (C=O) groups excluding carboxylic acids is 2. The highest BCUT2D eigenvalue weighted by atomic mass is 35.5. The van der Waals surface area contributed by atoms with Crippen LogP contribution in [-0.2, 0) is 11.3 Å². The largest absolute Gasteiger partial charge is 0.493 e. The first-order valence-corrected chi connectivity index (χ1v) is 15.2. The second kappa shape index (κ2) is 12.9. The molecule has 48 heavy (non-hydrogen) atoms. The number of nitrogens with zero attached hydrogens (tertiary/aromatic N) is 5. The van der Waals surface area contributed by atoms with Gasteiger partial charge in [0.1, 0.15) is 18.4 Å². The molecule has 0 aliphatic carbocycles. The zero-order valence-electron chi connectivity index (χ0n) is 26.4. The van der Waals surface area contributed by atoms with Gasteiger partial charge in [-0.1, -0.05) is 24.3 Å². The van der Waals surface area contributed by atoms with Gasteiger partial charge in [-0.25, -0.2) is 4.79 Å². The van der Waals surface area contributed by atoms with Gasteiger partial charge >= 0.3 is 17.9 Å². The minimum atomic E-state index is -0.893. The number of nitro groups is 1. The number of aromatic amines is 1. The lowest BCUT2D eigenvalue weighted by molar-refractivity contribution is -0.392. The molecule has 2 amide bonds. The summed E-state index contributed by atoms with van der Waals surface area (Å²) >= 11 is 6.51. The van der Waals surface area contributed by atoms with E-state index in [1.54, 1.807) is 35.2 Å². The summed E-state index contributed by atoms with van der Waals surface area (Å²) in [4.78, 5) is 49.1. The zero-order chi connectivity index (χ0) is 34.3. The fourth-order valence-corrected chi connectivity index (χ4v) is 6.56. The highest BCUT2D eigenvalue weighted by molar-refractivity contribution is 6.20. The molecule has 3 heterocycles. The van der Waals surface area contributed by atoms with Gasteiger partial charge in [-0.3, -0.25) is 4.79 Å². The minimum Gasteiger partial charge on any atom is -0.493 e. The molecule has 0 spiro atoms. The third-order valence-corrected chi connectivity index (χ3v) is 8.72. The van der Waals surface area contributed by atoms with E-state index in [0.717, 1.165) is 21.2 Å². The van der Waals surface area contributed by atoms with Gasteiger partial charge in [0.2, 0.25) is 5.75 Å². The molecule has 250 valence electrons. The highest BCUT2D eigenvalue weighted by Gasteiger charge is 2.39. The molecule has 16 heteroatoms. The molecule has 0 saturated heterocycles. The van der Waals surface area contributed by atoms with Crippen LogP contribution in [0.25, 0.3) is 21.7 Å². The van der Waals surface area contributed by atoms with Crippen molar-refractivity contribution in [1.82, 2.24) is 14.5 Å². The molecular formula is C32H31ClN6O9. The van der Waals surface area contributed by atoms with E-state index in [-0.39, 0.29) is 48.1 Å². The molecule has 1 atom stereocenters. The predicted molar refractivity (Wildman–Crippen MR) is 178 cm³/mol. The highest BCUT2D eigenvalue weighted by Crippen LogP contribution is 2.48.